The van der Waals surface area contributed by atoms with Gasteiger partial charge in [0.2, 0.25) is 0 Å². The molecule has 2 rings (SSSR count). The zero-order valence-electron chi connectivity index (χ0n) is 13.5. The molecule has 1 aliphatic rings. The van der Waals surface area contributed by atoms with Crippen LogP contribution in [0.2, 0.25) is 0 Å². The predicted octanol–water partition coefficient (Wildman–Crippen LogP) is 1.64. The van der Waals surface area contributed by atoms with Gasteiger partial charge in [0.15, 0.2) is 0 Å². The number of anilines is 1. The third-order valence-corrected chi connectivity index (χ3v) is 6.77. The second kappa shape index (κ2) is 6.25. The number of hydrogen-bond donors (Lipinski definition) is 1. The molecule has 0 aliphatic carbocycles. The second-order valence-corrected chi connectivity index (χ2v) is 8.94. The van der Waals surface area contributed by atoms with Crippen LogP contribution in [0.25, 0.3) is 0 Å². The number of benzene rings is 1. The quantitative estimate of drug-likeness (QED) is 0.834. The van der Waals surface area contributed by atoms with Crippen LogP contribution in [0, 0.1) is 0 Å². The minimum absolute atomic E-state index is 0.947. The molecule has 1 heterocycles. The maximum atomic E-state index is 6.39. The Labute approximate surface area is 127 Å². The minimum Gasteiger partial charge on any atom is -0.190 e. The standard InChI is InChI=1S/C13H24N6OP/c1-16(2)21(17(3)4,18(5)6)20-19-13-10-8-7-9-12(13)11-14-15-19/h7-11,15H,1-6H3/q+1. The van der Waals surface area contributed by atoms with Crippen molar-refractivity contribution in [2.75, 3.05) is 47.5 Å². The summed E-state index contributed by atoms with van der Waals surface area (Å²) in [6, 6.07) is 7.98. The Kier molecular flexibility index (Phi) is 4.81. The van der Waals surface area contributed by atoms with Gasteiger partial charge in [-0.3, -0.25) is 0 Å². The van der Waals surface area contributed by atoms with Crippen LogP contribution in [0.3, 0.4) is 0 Å². The first-order valence-electron chi connectivity index (χ1n) is 6.69. The highest BCUT2D eigenvalue weighted by molar-refractivity contribution is 7.64. The van der Waals surface area contributed by atoms with Gasteiger partial charge in [-0.05, 0) is 10.7 Å². The van der Waals surface area contributed by atoms with Crippen LogP contribution in [0.15, 0.2) is 29.4 Å². The Balaban J connectivity index is 2.36. The van der Waals surface area contributed by atoms with Crippen molar-refractivity contribution >= 4 is 19.8 Å². The van der Waals surface area contributed by atoms with Gasteiger partial charge in [-0.15, -0.1) is 19.2 Å². The largest absolute Gasteiger partial charge is 0.403 e. The summed E-state index contributed by atoms with van der Waals surface area (Å²) < 4.78 is 12.7. The highest BCUT2D eigenvalue weighted by Crippen LogP contribution is 2.65. The molecule has 0 amide bonds. The fraction of sp³-hybridized carbons (Fsp3) is 0.462. The fourth-order valence-corrected chi connectivity index (χ4v) is 5.38. The third-order valence-electron chi connectivity index (χ3n) is 3.26. The van der Waals surface area contributed by atoms with Gasteiger partial charge < -0.3 is 0 Å². The molecule has 1 aromatic rings. The Bertz CT molecular complexity index is 497. The van der Waals surface area contributed by atoms with Gasteiger partial charge in [0.25, 0.3) is 0 Å². The summed E-state index contributed by atoms with van der Waals surface area (Å²) in [6.45, 7) is 0. The minimum atomic E-state index is -2.15. The molecule has 0 spiro atoms. The average Bonchev–Trinajstić information content (AvgIpc) is 2.43. The van der Waals surface area contributed by atoms with Crippen molar-refractivity contribution < 1.29 is 4.62 Å². The first kappa shape index (κ1) is 16.1. The van der Waals surface area contributed by atoms with Gasteiger partial charge >= 0.3 is 7.94 Å². The van der Waals surface area contributed by atoms with Gasteiger partial charge in [-0.1, -0.05) is 18.2 Å². The lowest BCUT2D eigenvalue weighted by Gasteiger charge is -2.39. The number of para-hydroxylation sites is 1. The van der Waals surface area contributed by atoms with Crippen LogP contribution < -0.4 is 10.7 Å². The predicted molar refractivity (Wildman–Crippen MR) is 88.7 cm³/mol. The lowest BCUT2D eigenvalue weighted by molar-refractivity contribution is 0.186. The molecule has 0 bridgehead atoms. The van der Waals surface area contributed by atoms with Crippen LogP contribution in [0.4, 0.5) is 5.69 Å². The van der Waals surface area contributed by atoms with Gasteiger partial charge in [-0.2, -0.15) is 10.6 Å². The molecule has 0 radical (unpaired) electrons. The van der Waals surface area contributed by atoms with Crippen molar-refractivity contribution in [1.82, 2.24) is 19.5 Å². The zero-order chi connectivity index (χ0) is 15.6. The molecule has 1 aromatic carbocycles. The number of rotatable bonds is 5. The van der Waals surface area contributed by atoms with E-state index >= 15 is 0 Å². The highest BCUT2D eigenvalue weighted by atomic mass is 31.2. The second-order valence-electron chi connectivity index (χ2n) is 5.35. The molecule has 0 saturated carbocycles. The van der Waals surface area contributed by atoms with E-state index in [9.17, 15) is 0 Å². The number of fused-ring (bicyclic) bond motifs is 1. The van der Waals surface area contributed by atoms with E-state index in [1.54, 1.807) is 11.4 Å². The maximum absolute atomic E-state index is 6.39. The molecule has 0 unspecified atom stereocenters. The molecule has 1 N–H and O–H groups in total. The third kappa shape index (κ3) is 2.88. The van der Waals surface area contributed by atoms with Crippen LogP contribution in [0.1, 0.15) is 5.56 Å². The summed E-state index contributed by atoms with van der Waals surface area (Å²) in [4.78, 5) is 0. The first-order chi connectivity index (χ1) is 9.89. The average molecular weight is 311 g/mol. The van der Waals surface area contributed by atoms with Gasteiger partial charge in [0.1, 0.15) is 5.69 Å². The van der Waals surface area contributed by atoms with Crippen molar-refractivity contribution in [3.63, 3.8) is 0 Å². The van der Waals surface area contributed by atoms with E-state index in [-0.39, 0.29) is 0 Å². The van der Waals surface area contributed by atoms with Gasteiger partial charge in [-0.25, -0.2) is 0 Å². The molecule has 0 saturated heterocycles. The SMILES string of the molecule is CN(C)[P+](ON1NN=Cc2ccccc21)(N(C)C)N(C)C. The van der Waals surface area contributed by atoms with E-state index in [4.69, 9.17) is 4.62 Å². The smallest absolute Gasteiger partial charge is 0.190 e. The Morgan fingerprint density at radius 2 is 1.57 bits per heavy atom. The molecule has 0 fully saturated rings. The molecule has 21 heavy (non-hydrogen) atoms. The molecule has 1 aliphatic heterocycles. The number of nitrogens with one attached hydrogen (secondary N) is 1. The van der Waals surface area contributed by atoms with E-state index in [2.05, 4.69) is 24.6 Å². The Morgan fingerprint density at radius 3 is 2.14 bits per heavy atom. The number of hydrazone groups is 1. The van der Waals surface area contributed by atoms with Crippen molar-refractivity contribution in [2.24, 2.45) is 5.10 Å². The van der Waals surface area contributed by atoms with E-state index < -0.39 is 7.94 Å². The summed E-state index contributed by atoms with van der Waals surface area (Å²) in [6.07, 6.45) is 1.79. The Hall–Kier alpha value is -1.24. The monoisotopic (exact) mass is 311 g/mol. The summed E-state index contributed by atoms with van der Waals surface area (Å²) in [5.41, 5.74) is 4.89. The van der Waals surface area contributed by atoms with Gasteiger partial charge in [0, 0.05) is 47.8 Å². The van der Waals surface area contributed by atoms with E-state index in [1.807, 2.05) is 66.6 Å². The molecule has 0 aromatic heterocycles. The molecule has 7 nitrogen and oxygen atoms in total. The lowest BCUT2D eigenvalue weighted by Crippen LogP contribution is -2.46. The fourth-order valence-electron chi connectivity index (χ4n) is 2.45. The van der Waals surface area contributed by atoms with Crippen LogP contribution >= 0.6 is 7.94 Å². The van der Waals surface area contributed by atoms with Crippen molar-refractivity contribution in [1.29, 1.82) is 0 Å². The van der Waals surface area contributed by atoms with E-state index in [0.29, 0.717) is 0 Å². The molecular weight excluding hydrogens is 287 g/mol. The normalized spacial score (nSPS) is 14.8. The lowest BCUT2D eigenvalue weighted by atomic mass is 10.2. The number of hydrazine groups is 1. The van der Waals surface area contributed by atoms with Crippen molar-refractivity contribution in [3.8, 4) is 0 Å². The Morgan fingerprint density at radius 1 is 1.00 bits per heavy atom. The summed E-state index contributed by atoms with van der Waals surface area (Å²) in [7, 11) is 9.98. The number of nitrogens with zero attached hydrogens (tertiary/aromatic N) is 5. The summed E-state index contributed by atoms with van der Waals surface area (Å²) >= 11 is 0. The van der Waals surface area contributed by atoms with Crippen molar-refractivity contribution in [3.05, 3.63) is 29.8 Å². The molecule has 8 heteroatoms. The van der Waals surface area contributed by atoms with Crippen molar-refractivity contribution in [2.45, 2.75) is 0 Å². The van der Waals surface area contributed by atoms with Gasteiger partial charge in [0.05, 0.1) is 6.21 Å². The molecule has 0 atom stereocenters. The molecular formula is C13H24N6OP+. The summed E-state index contributed by atoms with van der Waals surface area (Å²) in [5.74, 6) is 0. The van der Waals surface area contributed by atoms with Crippen LogP contribution in [-0.4, -0.2) is 62.5 Å². The summed E-state index contributed by atoms with van der Waals surface area (Å²) in [5, 5.41) is 5.79. The van der Waals surface area contributed by atoms with Crippen LogP contribution in [0.5, 0.6) is 0 Å². The topological polar surface area (TPSA) is 46.6 Å². The zero-order valence-corrected chi connectivity index (χ0v) is 14.4. The van der Waals surface area contributed by atoms with E-state index in [0.717, 1.165) is 11.3 Å². The maximum Gasteiger partial charge on any atom is 0.403 e. The molecule has 116 valence electrons. The first-order valence-corrected chi connectivity index (χ1v) is 8.26. The van der Waals surface area contributed by atoms with E-state index in [1.165, 1.54) is 0 Å². The highest BCUT2D eigenvalue weighted by Gasteiger charge is 2.54. The number of hydrogen-bond acceptors (Lipinski definition) is 7. The van der Waals surface area contributed by atoms with Crippen LogP contribution in [-0.2, 0) is 4.62 Å².